The standard InChI is InChI=1S/C10H13N3O3/c1-11-10(15)13-6-8-5-7(3-4-12-8)9(14)16-2/h3-5H,6H2,1-2H3,(H2,11,13,15). The van der Waals surface area contributed by atoms with E-state index < -0.39 is 5.97 Å². The minimum atomic E-state index is -0.427. The van der Waals surface area contributed by atoms with Crippen molar-refractivity contribution in [2.75, 3.05) is 14.2 Å². The lowest BCUT2D eigenvalue weighted by Crippen LogP contribution is -2.32. The Kier molecular flexibility index (Phi) is 4.26. The third kappa shape index (κ3) is 3.23. The summed E-state index contributed by atoms with van der Waals surface area (Å²) in [7, 11) is 2.83. The van der Waals surface area contributed by atoms with Gasteiger partial charge >= 0.3 is 12.0 Å². The van der Waals surface area contributed by atoms with Crippen molar-refractivity contribution in [2.45, 2.75) is 6.54 Å². The smallest absolute Gasteiger partial charge is 0.337 e. The highest BCUT2D eigenvalue weighted by molar-refractivity contribution is 5.89. The van der Waals surface area contributed by atoms with Gasteiger partial charge in [-0.2, -0.15) is 0 Å². The Bertz CT molecular complexity index is 393. The van der Waals surface area contributed by atoms with E-state index >= 15 is 0 Å². The Balaban J connectivity index is 2.67. The van der Waals surface area contributed by atoms with Crippen LogP contribution in [0.25, 0.3) is 0 Å². The van der Waals surface area contributed by atoms with E-state index in [4.69, 9.17) is 0 Å². The average molecular weight is 223 g/mol. The van der Waals surface area contributed by atoms with Crippen LogP contribution < -0.4 is 10.6 Å². The highest BCUT2D eigenvalue weighted by atomic mass is 16.5. The van der Waals surface area contributed by atoms with Crippen LogP contribution >= 0.6 is 0 Å². The molecule has 0 unspecified atom stereocenters. The van der Waals surface area contributed by atoms with Crippen molar-refractivity contribution < 1.29 is 14.3 Å². The summed E-state index contributed by atoms with van der Waals surface area (Å²) in [6, 6.07) is 2.82. The van der Waals surface area contributed by atoms with Crippen LogP contribution in [0.1, 0.15) is 16.1 Å². The van der Waals surface area contributed by atoms with Gasteiger partial charge in [0.05, 0.1) is 24.9 Å². The molecular formula is C10H13N3O3. The number of rotatable bonds is 3. The fourth-order valence-electron chi connectivity index (χ4n) is 1.08. The molecule has 0 spiro atoms. The van der Waals surface area contributed by atoms with Crippen molar-refractivity contribution >= 4 is 12.0 Å². The molecule has 0 aromatic carbocycles. The van der Waals surface area contributed by atoms with E-state index in [9.17, 15) is 9.59 Å². The number of amides is 2. The number of carbonyl (C=O) groups is 2. The normalized spacial score (nSPS) is 9.38. The number of carbonyl (C=O) groups excluding carboxylic acids is 2. The maximum Gasteiger partial charge on any atom is 0.337 e. The number of hydrogen-bond acceptors (Lipinski definition) is 4. The number of urea groups is 1. The van der Waals surface area contributed by atoms with E-state index in [1.807, 2.05) is 0 Å². The fraction of sp³-hybridized carbons (Fsp3) is 0.300. The van der Waals surface area contributed by atoms with Crippen molar-refractivity contribution in [3.63, 3.8) is 0 Å². The molecule has 0 aliphatic carbocycles. The monoisotopic (exact) mass is 223 g/mol. The summed E-state index contributed by atoms with van der Waals surface area (Å²) >= 11 is 0. The van der Waals surface area contributed by atoms with Gasteiger partial charge in [-0.15, -0.1) is 0 Å². The third-order valence-corrected chi connectivity index (χ3v) is 1.89. The van der Waals surface area contributed by atoms with E-state index in [0.717, 1.165) is 0 Å². The quantitative estimate of drug-likeness (QED) is 0.722. The van der Waals surface area contributed by atoms with Gasteiger partial charge in [0, 0.05) is 13.2 Å². The van der Waals surface area contributed by atoms with Crippen LogP contribution in [0.4, 0.5) is 4.79 Å². The molecule has 1 rings (SSSR count). The van der Waals surface area contributed by atoms with Crippen molar-refractivity contribution in [3.05, 3.63) is 29.6 Å². The summed E-state index contributed by atoms with van der Waals surface area (Å²) in [5.41, 5.74) is 0.998. The third-order valence-electron chi connectivity index (χ3n) is 1.89. The molecule has 0 aliphatic rings. The Hall–Kier alpha value is -2.11. The van der Waals surface area contributed by atoms with Crippen LogP contribution in [0.15, 0.2) is 18.3 Å². The lowest BCUT2D eigenvalue weighted by atomic mass is 10.2. The molecule has 2 N–H and O–H groups in total. The van der Waals surface area contributed by atoms with Crippen molar-refractivity contribution in [2.24, 2.45) is 0 Å². The second-order valence-corrected chi connectivity index (χ2v) is 2.96. The number of nitrogens with zero attached hydrogens (tertiary/aromatic N) is 1. The molecule has 6 nitrogen and oxygen atoms in total. The van der Waals surface area contributed by atoms with Gasteiger partial charge in [-0.25, -0.2) is 9.59 Å². The van der Waals surface area contributed by atoms with Crippen LogP contribution in [0.5, 0.6) is 0 Å². The number of hydrogen-bond donors (Lipinski definition) is 2. The Morgan fingerprint density at radius 2 is 2.25 bits per heavy atom. The largest absolute Gasteiger partial charge is 0.465 e. The predicted molar refractivity (Wildman–Crippen MR) is 56.9 cm³/mol. The lowest BCUT2D eigenvalue weighted by Gasteiger charge is -2.05. The predicted octanol–water partition coefficient (Wildman–Crippen LogP) is 0.297. The zero-order chi connectivity index (χ0) is 12.0. The molecule has 0 saturated carbocycles. The zero-order valence-corrected chi connectivity index (χ0v) is 9.11. The van der Waals surface area contributed by atoms with Gasteiger partial charge in [0.1, 0.15) is 0 Å². The highest BCUT2D eigenvalue weighted by Gasteiger charge is 2.06. The van der Waals surface area contributed by atoms with Crippen LogP contribution in [0, 0.1) is 0 Å². The van der Waals surface area contributed by atoms with Gasteiger partial charge in [-0.1, -0.05) is 0 Å². The number of aromatic nitrogens is 1. The average Bonchev–Trinajstić information content (AvgIpc) is 2.35. The maximum atomic E-state index is 11.2. The first-order valence-electron chi connectivity index (χ1n) is 4.66. The second-order valence-electron chi connectivity index (χ2n) is 2.96. The van der Waals surface area contributed by atoms with Crippen LogP contribution in [-0.2, 0) is 11.3 Å². The molecule has 0 aliphatic heterocycles. The molecule has 86 valence electrons. The minimum Gasteiger partial charge on any atom is -0.465 e. The zero-order valence-electron chi connectivity index (χ0n) is 9.11. The van der Waals surface area contributed by atoms with Crippen LogP contribution in [0.2, 0.25) is 0 Å². The van der Waals surface area contributed by atoms with Gasteiger partial charge in [0.2, 0.25) is 0 Å². The molecule has 0 radical (unpaired) electrons. The SMILES string of the molecule is CNC(=O)NCc1cc(C(=O)OC)ccn1. The molecule has 0 saturated heterocycles. The van der Waals surface area contributed by atoms with Gasteiger partial charge in [-0.05, 0) is 12.1 Å². The lowest BCUT2D eigenvalue weighted by molar-refractivity contribution is 0.0600. The number of pyridine rings is 1. The van der Waals surface area contributed by atoms with E-state index in [1.165, 1.54) is 20.4 Å². The first-order valence-corrected chi connectivity index (χ1v) is 4.66. The number of ether oxygens (including phenoxy) is 1. The van der Waals surface area contributed by atoms with E-state index in [-0.39, 0.29) is 12.6 Å². The summed E-state index contributed by atoms with van der Waals surface area (Å²) in [6.07, 6.45) is 1.49. The Labute approximate surface area is 93.0 Å². The molecule has 1 aromatic rings. The van der Waals surface area contributed by atoms with Crippen LogP contribution in [0.3, 0.4) is 0 Å². The van der Waals surface area contributed by atoms with Crippen molar-refractivity contribution in [3.8, 4) is 0 Å². The van der Waals surface area contributed by atoms with Gasteiger partial charge in [-0.3, -0.25) is 4.98 Å². The molecule has 0 fully saturated rings. The van der Waals surface area contributed by atoms with Gasteiger partial charge in [0.25, 0.3) is 0 Å². The molecule has 6 heteroatoms. The summed E-state index contributed by atoms with van der Waals surface area (Å²) in [6.45, 7) is 0.254. The van der Waals surface area contributed by atoms with Crippen molar-refractivity contribution in [1.82, 2.24) is 15.6 Å². The number of methoxy groups -OCH3 is 1. The summed E-state index contributed by atoms with van der Waals surface area (Å²) in [5, 5.41) is 4.98. The Morgan fingerprint density at radius 3 is 2.88 bits per heavy atom. The molecular weight excluding hydrogens is 210 g/mol. The molecule has 1 heterocycles. The summed E-state index contributed by atoms with van der Waals surface area (Å²) < 4.78 is 4.57. The molecule has 1 aromatic heterocycles. The first-order chi connectivity index (χ1) is 7.67. The maximum absolute atomic E-state index is 11.2. The van der Waals surface area contributed by atoms with E-state index in [1.54, 1.807) is 12.1 Å². The van der Waals surface area contributed by atoms with E-state index in [2.05, 4.69) is 20.4 Å². The van der Waals surface area contributed by atoms with Gasteiger partial charge < -0.3 is 15.4 Å². The van der Waals surface area contributed by atoms with Crippen molar-refractivity contribution in [1.29, 1.82) is 0 Å². The number of esters is 1. The topological polar surface area (TPSA) is 80.3 Å². The number of nitrogens with one attached hydrogen (secondary N) is 2. The van der Waals surface area contributed by atoms with Crippen LogP contribution in [-0.4, -0.2) is 31.1 Å². The summed E-state index contributed by atoms with van der Waals surface area (Å²) in [5.74, 6) is -0.427. The molecule has 2 amide bonds. The van der Waals surface area contributed by atoms with E-state index in [0.29, 0.717) is 11.3 Å². The fourth-order valence-corrected chi connectivity index (χ4v) is 1.08. The summed E-state index contributed by atoms with van der Waals surface area (Å²) in [4.78, 5) is 26.1. The molecule has 16 heavy (non-hydrogen) atoms. The second kappa shape index (κ2) is 5.69. The molecule has 0 bridgehead atoms. The Morgan fingerprint density at radius 1 is 1.50 bits per heavy atom. The van der Waals surface area contributed by atoms with Gasteiger partial charge in [0.15, 0.2) is 0 Å². The molecule has 0 atom stereocenters. The first kappa shape index (κ1) is 12.0. The minimum absolute atomic E-state index is 0.254. The highest BCUT2D eigenvalue weighted by Crippen LogP contribution is 2.03.